The van der Waals surface area contributed by atoms with Gasteiger partial charge in [-0.2, -0.15) is 5.26 Å². The van der Waals surface area contributed by atoms with E-state index in [9.17, 15) is 0 Å². The quantitative estimate of drug-likeness (QED) is 0.861. The Hall–Kier alpha value is -2.32. The fourth-order valence-electron chi connectivity index (χ4n) is 1.48. The van der Waals surface area contributed by atoms with Gasteiger partial charge in [0.1, 0.15) is 12.1 Å². The Labute approximate surface area is 115 Å². The molecule has 0 aliphatic heterocycles. The molecule has 2 rings (SSSR count). The van der Waals surface area contributed by atoms with Crippen LogP contribution in [0.2, 0.25) is 5.02 Å². The van der Waals surface area contributed by atoms with E-state index in [4.69, 9.17) is 26.3 Å². The molecule has 0 spiro atoms. The van der Waals surface area contributed by atoms with Crippen molar-refractivity contribution < 1.29 is 9.47 Å². The molecule has 0 radical (unpaired) electrons. The molecule has 5 nitrogen and oxygen atoms in total. The van der Waals surface area contributed by atoms with Gasteiger partial charge >= 0.3 is 0 Å². The van der Waals surface area contributed by atoms with Crippen molar-refractivity contribution in [3.63, 3.8) is 0 Å². The number of ether oxygens (including phenoxy) is 2. The van der Waals surface area contributed by atoms with Crippen LogP contribution in [0.4, 0.5) is 0 Å². The van der Waals surface area contributed by atoms with Crippen LogP contribution in [0.5, 0.6) is 17.5 Å². The summed E-state index contributed by atoms with van der Waals surface area (Å²) in [5.41, 5.74) is 1.14. The summed E-state index contributed by atoms with van der Waals surface area (Å²) < 4.78 is 10.7. The van der Waals surface area contributed by atoms with Crippen LogP contribution in [0.3, 0.4) is 0 Å². The monoisotopic (exact) mass is 275 g/mol. The highest BCUT2D eigenvalue weighted by atomic mass is 35.5. The van der Waals surface area contributed by atoms with Crippen LogP contribution in [0.25, 0.3) is 0 Å². The molecule has 19 heavy (non-hydrogen) atoms. The Morgan fingerprint density at radius 1 is 1.26 bits per heavy atom. The molecule has 0 saturated carbocycles. The molecule has 0 atom stereocenters. The number of hydrogen-bond donors (Lipinski definition) is 0. The van der Waals surface area contributed by atoms with Gasteiger partial charge in [0.05, 0.1) is 29.3 Å². The van der Waals surface area contributed by atoms with Crippen molar-refractivity contribution in [1.82, 2.24) is 9.97 Å². The fourth-order valence-corrected chi connectivity index (χ4v) is 1.70. The van der Waals surface area contributed by atoms with Crippen molar-refractivity contribution in [2.45, 2.75) is 6.92 Å². The molecule has 0 aliphatic rings. The maximum Gasteiger partial charge on any atom is 0.229 e. The second kappa shape index (κ2) is 5.55. The van der Waals surface area contributed by atoms with Gasteiger partial charge in [-0.05, 0) is 25.1 Å². The maximum atomic E-state index is 8.77. The molecule has 2 aromatic rings. The summed E-state index contributed by atoms with van der Waals surface area (Å²) in [7, 11) is 1.52. The summed E-state index contributed by atoms with van der Waals surface area (Å²) in [6.45, 7) is 1.78. The summed E-state index contributed by atoms with van der Waals surface area (Å²) in [5, 5.41) is 9.11. The lowest BCUT2D eigenvalue weighted by molar-refractivity contribution is 0.382. The van der Waals surface area contributed by atoms with Gasteiger partial charge in [-0.3, -0.25) is 0 Å². The van der Waals surface area contributed by atoms with Gasteiger partial charge in [0, 0.05) is 0 Å². The molecule has 6 heteroatoms. The van der Waals surface area contributed by atoms with Gasteiger partial charge in [0.25, 0.3) is 0 Å². The third-order valence-electron chi connectivity index (χ3n) is 2.45. The number of hydrogen-bond acceptors (Lipinski definition) is 5. The number of methoxy groups -OCH3 is 1. The molecule has 1 heterocycles. The Balaban J connectivity index is 2.34. The smallest absolute Gasteiger partial charge is 0.229 e. The van der Waals surface area contributed by atoms with Crippen LogP contribution in [0, 0.1) is 18.3 Å². The first kappa shape index (κ1) is 13.1. The van der Waals surface area contributed by atoms with E-state index in [2.05, 4.69) is 9.97 Å². The molecule has 0 bridgehead atoms. The topological polar surface area (TPSA) is 68.0 Å². The van der Waals surface area contributed by atoms with E-state index < -0.39 is 0 Å². The molecule has 96 valence electrons. The molecule has 0 saturated heterocycles. The second-order valence-electron chi connectivity index (χ2n) is 3.67. The second-order valence-corrected chi connectivity index (χ2v) is 4.08. The van der Waals surface area contributed by atoms with Crippen molar-refractivity contribution in [3.05, 3.63) is 40.7 Å². The highest BCUT2D eigenvalue weighted by molar-refractivity contribution is 6.32. The Bertz CT molecular complexity index is 653. The third kappa shape index (κ3) is 2.75. The highest BCUT2D eigenvalue weighted by Gasteiger charge is 2.11. The fraction of sp³-hybridized carbons (Fsp3) is 0.154. The van der Waals surface area contributed by atoms with E-state index >= 15 is 0 Å². The van der Waals surface area contributed by atoms with Crippen molar-refractivity contribution in [3.8, 4) is 23.6 Å². The van der Waals surface area contributed by atoms with Gasteiger partial charge in [0.15, 0.2) is 0 Å². The summed E-state index contributed by atoms with van der Waals surface area (Å²) in [6.07, 6.45) is 1.35. The van der Waals surface area contributed by atoms with Gasteiger partial charge < -0.3 is 9.47 Å². The first-order valence-corrected chi connectivity index (χ1v) is 5.76. The number of halogens is 1. The van der Waals surface area contributed by atoms with Crippen molar-refractivity contribution >= 4 is 11.6 Å². The van der Waals surface area contributed by atoms with Crippen LogP contribution >= 0.6 is 11.6 Å². The zero-order chi connectivity index (χ0) is 13.8. The third-order valence-corrected chi connectivity index (χ3v) is 2.75. The van der Waals surface area contributed by atoms with Crippen LogP contribution in [0.1, 0.15) is 11.1 Å². The molecule has 0 aliphatic carbocycles. The average molecular weight is 276 g/mol. The van der Waals surface area contributed by atoms with Crippen LogP contribution in [-0.2, 0) is 0 Å². The van der Waals surface area contributed by atoms with Gasteiger partial charge in [0.2, 0.25) is 11.8 Å². The highest BCUT2D eigenvalue weighted by Crippen LogP contribution is 2.32. The number of rotatable bonds is 3. The molecule has 0 fully saturated rings. The van der Waals surface area contributed by atoms with E-state index in [1.54, 1.807) is 19.1 Å². The van der Waals surface area contributed by atoms with Gasteiger partial charge in [-0.25, -0.2) is 9.97 Å². The van der Waals surface area contributed by atoms with E-state index in [1.165, 1.54) is 19.5 Å². The minimum Gasteiger partial charge on any atom is -0.481 e. The zero-order valence-electron chi connectivity index (χ0n) is 10.3. The summed E-state index contributed by atoms with van der Waals surface area (Å²) in [4.78, 5) is 7.99. The predicted octanol–water partition coefficient (Wildman–Crippen LogP) is 3.11. The minimum atomic E-state index is 0.344. The molecular formula is C13H10ClN3O2. The molecule has 0 unspecified atom stereocenters. The first-order valence-electron chi connectivity index (χ1n) is 5.38. The summed E-state index contributed by atoms with van der Waals surface area (Å²) in [5.74, 6) is 1.22. The molecular weight excluding hydrogens is 266 g/mol. The molecule has 0 amide bonds. The number of aromatic nitrogens is 2. The van der Waals surface area contributed by atoms with E-state index in [1.807, 2.05) is 6.07 Å². The van der Waals surface area contributed by atoms with E-state index in [-0.39, 0.29) is 0 Å². The Morgan fingerprint density at radius 3 is 2.63 bits per heavy atom. The average Bonchev–Trinajstić information content (AvgIpc) is 2.43. The van der Waals surface area contributed by atoms with Crippen molar-refractivity contribution in [2.24, 2.45) is 0 Å². The van der Waals surface area contributed by atoms with Crippen molar-refractivity contribution in [2.75, 3.05) is 7.11 Å². The number of benzene rings is 1. The van der Waals surface area contributed by atoms with Crippen LogP contribution in [0.15, 0.2) is 24.5 Å². The summed E-state index contributed by atoms with van der Waals surface area (Å²) >= 11 is 6.03. The largest absolute Gasteiger partial charge is 0.481 e. The van der Waals surface area contributed by atoms with Gasteiger partial charge in [-0.15, -0.1) is 0 Å². The van der Waals surface area contributed by atoms with E-state index in [0.29, 0.717) is 33.7 Å². The number of nitriles is 1. The lowest BCUT2D eigenvalue weighted by Gasteiger charge is -2.10. The van der Waals surface area contributed by atoms with Gasteiger partial charge in [-0.1, -0.05) is 11.6 Å². The Morgan fingerprint density at radius 2 is 2.00 bits per heavy atom. The first-order chi connectivity index (χ1) is 9.15. The molecule has 1 aromatic carbocycles. The van der Waals surface area contributed by atoms with Crippen LogP contribution < -0.4 is 9.47 Å². The SMILES string of the molecule is COc1ncnc(Oc2ccc(C#N)cc2Cl)c1C. The lowest BCUT2D eigenvalue weighted by atomic mass is 10.2. The minimum absolute atomic E-state index is 0.344. The summed E-state index contributed by atoms with van der Waals surface area (Å²) in [6, 6.07) is 6.78. The number of nitrogens with zero attached hydrogens (tertiary/aromatic N) is 3. The molecule has 0 N–H and O–H groups in total. The van der Waals surface area contributed by atoms with Crippen LogP contribution in [-0.4, -0.2) is 17.1 Å². The standard InChI is InChI=1S/C13H10ClN3O2/c1-8-12(18-2)16-7-17-13(8)19-11-4-3-9(6-15)5-10(11)14/h3-5,7H,1-2H3. The zero-order valence-corrected chi connectivity index (χ0v) is 11.1. The maximum absolute atomic E-state index is 8.77. The normalized spacial score (nSPS) is 9.79. The lowest BCUT2D eigenvalue weighted by Crippen LogP contribution is -1.97. The molecule has 1 aromatic heterocycles. The Kier molecular flexibility index (Phi) is 3.83. The van der Waals surface area contributed by atoms with Crippen molar-refractivity contribution in [1.29, 1.82) is 5.26 Å². The predicted molar refractivity (Wildman–Crippen MR) is 69.6 cm³/mol. The van der Waals surface area contributed by atoms with E-state index in [0.717, 1.165) is 0 Å².